The molecule has 0 aliphatic carbocycles. The fourth-order valence-corrected chi connectivity index (χ4v) is 6.87. The number of quaternary nitrogens is 2. The van der Waals surface area contributed by atoms with Crippen molar-refractivity contribution in [1.29, 1.82) is 0 Å². The molecule has 0 bridgehead atoms. The Kier molecular flexibility index (Phi) is 39.7. The van der Waals surface area contributed by atoms with E-state index in [1.54, 1.807) is 53.7 Å². The number of fused-ring (bicyclic) bond motifs is 2. The SMILES string of the molecule is C.CCOC(=O)C(OCC)(OCC)OCC.CCOC(=O)c1nc2cc3sc(C(=O)OCC)nc3cc2s1.Nc1cc(S)c(N)cc1S.O=S(=O)(O)C(F)(F)F.O=S(=O)(O)C(F)(F)F.O=S(=O)(O)C(F)(F)F.[NH3+]c1cc(S)c([NH3+])cc1S.[Y]. The first-order valence-electron chi connectivity index (χ1n) is 21.3. The van der Waals surface area contributed by atoms with Gasteiger partial charge in [0.05, 0.1) is 69.9 Å². The van der Waals surface area contributed by atoms with Gasteiger partial charge in [-0.3, -0.25) is 13.7 Å². The number of carbonyl (C=O) groups excluding carboxylic acids is 3. The van der Waals surface area contributed by atoms with E-state index in [2.05, 4.69) is 72.0 Å². The number of benzene rings is 3. The maximum atomic E-state index is 11.7. The number of anilines is 2. The molecule has 0 spiro atoms. The standard InChI is InChI=1S/C14H12N2O4S2.C10H20O5.2C6H8N2S2.3CHF3O3S.CH4.Y/c1-3-19-13(17)11-15-7-5-10-8(6-9(7)21-11)16-12(22-10)14(18)20-4-2;1-5-12-9(11)10(13-6-2,14-7-3)15-8-4;2*7-3-1-5(9)4(8)2-6(3)10;3*2-1(3,4)8(5,6)7;;/h5-6H,3-4H2,1-2H3;5-8H2,1-4H3;2*1-2,9-10H,7-8H2;3*(H,5,6,7);1H4;/p+2. The van der Waals surface area contributed by atoms with Crippen LogP contribution in [0.5, 0.6) is 0 Å². The van der Waals surface area contributed by atoms with Crippen LogP contribution in [0, 0.1) is 0 Å². The minimum absolute atomic E-state index is 0. The van der Waals surface area contributed by atoms with E-state index < -0.39 is 70.8 Å². The quantitative estimate of drug-likeness (QED) is 0.00828. The molecule has 0 saturated heterocycles. The number of nitrogen functional groups attached to an aromatic ring is 2. The number of ether oxygens (including phenoxy) is 6. The molecule has 0 unspecified atom stereocenters. The van der Waals surface area contributed by atoms with Crippen molar-refractivity contribution in [3.05, 3.63) is 46.4 Å². The van der Waals surface area contributed by atoms with Gasteiger partial charge in [-0.2, -0.15) is 64.8 Å². The molecule has 2 aromatic heterocycles. The molecule has 3 aromatic carbocycles. The summed E-state index contributed by atoms with van der Waals surface area (Å²) in [7, 11) is -17.5. The summed E-state index contributed by atoms with van der Waals surface area (Å²) in [6.45, 7) is 12.3. The summed E-state index contributed by atoms with van der Waals surface area (Å²) in [5.41, 5.74) is 6.32. The molecule has 0 amide bonds. The molecule has 83 heavy (non-hydrogen) atoms. The van der Waals surface area contributed by atoms with E-state index >= 15 is 0 Å². The smallest absolute Gasteiger partial charge is 0.461 e. The minimum atomic E-state index is -5.84. The van der Waals surface area contributed by atoms with Gasteiger partial charge in [0.1, 0.15) is 11.4 Å². The van der Waals surface area contributed by atoms with Gasteiger partial charge in [-0.05, 0) is 65.8 Å². The molecule has 5 aromatic rings. The zero-order valence-electron chi connectivity index (χ0n) is 42.9. The first-order chi connectivity index (χ1) is 36.7. The molecule has 473 valence electrons. The maximum absolute atomic E-state index is 11.7. The molecule has 0 aliphatic heterocycles. The van der Waals surface area contributed by atoms with Crippen LogP contribution in [0.4, 0.5) is 62.3 Å². The number of aromatic nitrogens is 2. The zero-order chi connectivity index (χ0) is 63.9. The molecule has 43 heteroatoms. The van der Waals surface area contributed by atoms with Crippen molar-refractivity contribution in [3.63, 3.8) is 0 Å². The minimum Gasteiger partial charge on any atom is -0.461 e. The molecule has 1 radical (unpaired) electrons. The number of hydrogen-bond acceptors (Lipinski definition) is 25. The molecular formula is C40H57F9N6O18S9Y+2. The van der Waals surface area contributed by atoms with Crippen molar-refractivity contribution in [3.8, 4) is 0 Å². The number of esters is 3. The predicted octanol–water partition coefficient (Wildman–Crippen LogP) is 7.83. The number of thiazole rings is 2. The van der Waals surface area contributed by atoms with Crippen LogP contribution in [0.3, 0.4) is 0 Å². The van der Waals surface area contributed by atoms with Crippen molar-refractivity contribution < 1.29 is 165 Å². The first kappa shape index (κ1) is 86.3. The molecule has 24 nitrogen and oxygen atoms in total. The van der Waals surface area contributed by atoms with Crippen LogP contribution in [-0.2, 0) is 96.3 Å². The Bertz CT molecular complexity index is 2820. The summed E-state index contributed by atoms with van der Waals surface area (Å²) >= 11 is 19.0. The molecule has 0 atom stereocenters. The van der Waals surface area contributed by atoms with Crippen LogP contribution in [0.25, 0.3) is 20.4 Å². The molecule has 5 rings (SSSR count). The first-order valence-corrected chi connectivity index (χ1v) is 29.0. The van der Waals surface area contributed by atoms with Crippen LogP contribution >= 0.6 is 73.2 Å². The van der Waals surface area contributed by atoms with Crippen molar-refractivity contribution in [1.82, 2.24) is 9.97 Å². The number of alkyl halides is 9. The number of rotatable bonds is 12. The molecule has 13 N–H and O–H groups in total. The Labute approximate surface area is 524 Å². The van der Waals surface area contributed by atoms with Crippen LogP contribution < -0.4 is 22.9 Å². The number of halogens is 9. The van der Waals surface area contributed by atoms with Crippen molar-refractivity contribution in [2.75, 3.05) is 51.1 Å². The number of carbonyl (C=O) groups is 3. The average molecular weight is 1460 g/mol. The van der Waals surface area contributed by atoms with E-state index in [0.717, 1.165) is 30.6 Å². The van der Waals surface area contributed by atoms with Gasteiger partial charge in [0.25, 0.3) is 0 Å². The average Bonchev–Trinajstić information content (AvgIpc) is 3.93. The van der Waals surface area contributed by atoms with Crippen LogP contribution in [0.1, 0.15) is 68.6 Å². The van der Waals surface area contributed by atoms with Crippen LogP contribution in [-0.4, -0.2) is 129 Å². The third-order valence-corrected chi connectivity index (χ3v) is 13.0. The van der Waals surface area contributed by atoms with Gasteiger partial charge in [-0.1, -0.05) is 7.43 Å². The fourth-order valence-electron chi connectivity index (χ4n) is 4.27. The molecule has 2 heterocycles. The second-order valence-electron chi connectivity index (χ2n) is 13.7. The Balaban J connectivity index is -0.000000456. The number of nitrogens with two attached hydrogens (primary N) is 2. The molecule has 0 saturated carbocycles. The summed E-state index contributed by atoms with van der Waals surface area (Å²) in [5, 5.41) is 0.639. The number of nitrogens with zero attached hydrogens (tertiary/aromatic N) is 2. The molecular weight excluding hydrogens is 1400 g/mol. The maximum Gasteiger partial charge on any atom is 0.522 e. The van der Waals surface area contributed by atoms with Crippen molar-refractivity contribution >= 4 is 165 Å². The van der Waals surface area contributed by atoms with Gasteiger partial charge in [0, 0.05) is 66.0 Å². The van der Waals surface area contributed by atoms with Crippen LogP contribution in [0.2, 0.25) is 0 Å². The van der Waals surface area contributed by atoms with Gasteiger partial charge in [-0.25, -0.2) is 24.4 Å². The van der Waals surface area contributed by atoms with E-state index in [1.807, 2.05) is 24.3 Å². The summed E-state index contributed by atoms with van der Waals surface area (Å²) < 4.78 is 205. The summed E-state index contributed by atoms with van der Waals surface area (Å²) in [4.78, 5) is 46.7. The van der Waals surface area contributed by atoms with Gasteiger partial charge in [0.2, 0.25) is 10.0 Å². The third-order valence-electron chi connectivity index (χ3n) is 7.66. The van der Waals surface area contributed by atoms with E-state index in [9.17, 15) is 53.9 Å². The normalized spacial score (nSPS) is 11.4. The van der Waals surface area contributed by atoms with Crippen molar-refractivity contribution in [2.45, 2.75) is 91.0 Å². The van der Waals surface area contributed by atoms with E-state index in [-0.39, 0.29) is 46.7 Å². The second-order valence-corrected chi connectivity index (χ2v) is 21.9. The topological polar surface area (TPSA) is 403 Å². The largest absolute Gasteiger partial charge is 0.522 e. The monoisotopic (exact) mass is 1460 g/mol. The third kappa shape index (κ3) is 30.9. The Hall–Kier alpha value is -3.15. The number of hydrogen-bond donors (Lipinski definition) is 11. The van der Waals surface area contributed by atoms with Gasteiger partial charge in [-0.15, -0.1) is 73.2 Å². The zero-order valence-corrected chi connectivity index (χ0v) is 53.4. The Morgan fingerprint density at radius 2 is 0.771 bits per heavy atom. The van der Waals surface area contributed by atoms with E-state index in [0.29, 0.717) is 75.2 Å². The van der Waals surface area contributed by atoms with Crippen molar-refractivity contribution in [2.24, 2.45) is 0 Å². The van der Waals surface area contributed by atoms with E-state index in [1.165, 1.54) is 22.7 Å². The summed E-state index contributed by atoms with van der Waals surface area (Å²) in [5.74, 6) is -3.19. The van der Waals surface area contributed by atoms with Gasteiger partial charge >= 0.3 is 70.8 Å². The van der Waals surface area contributed by atoms with Crippen LogP contribution in [0.15, 0.2) is 56.0 Å². The molecule has 0 aliphatic rings. The fraction of sp³-hybridized carbons (Fsp3) is 0.425. The molecule has 0 fully saturated rings. The summed E-state index contributed by atoms with van der Waals surface area (Å²) in [6, 6.07) is 10.7. The number of thiol groups is 4. The summed E-state index contributed by atoms with van der Waals surface area (Å²) in [6.07, 6.45) is 0. The van der Waals surface area contributed by atoms with Gasteiger partial charge in [0.15, 0.2) is 0 Å². The Morgan fingerprint density at radius 3 is 0.988 bits per heavy atom. The van der Waals surface area contributed by atoms with E-state index in [4.69, 9.17) is 78.8 Å². The Morgan fingerprint density at radius 1 is 0.518 bits per heavy atom. The second kappa shape index (κ2) is 38.2. The van der Waals surface area contributed by atoms with Gasteiger partial charge < -0.3 is 51.4 Å². The predicted molar refractivity (Wildman–Crippen MR) is 294 cm³/mol.